The van der Waals surface area contributed by atoms with Crippen molar-refractivity contribution in [3.8, 4) is 0 Å². The van der Waals surface area contributed by atoms with Gasteiger partial charge in [-0.15, -0.1) is 0 Å². The summed E-state index contributed by atoms with van der Waals surface area (Å²) in [6.07, 6.45) is 0.581. The smallest absolute Gasteiger partial charge is 0.257 e. The van der Waals surface area contributed by atoms with Gasteiger partial charge in [0.05, 0.1) is 18.8 Å². The van der Waals surface area contributed by atoms with E-state index >= 15 is 0 Å². The fourth-order valence-corrected chi connectivity index (χ4v) is 5.01. The highest BCUT2D eigenvalue weighted by Gasteiger charge is 2.33. The number of hydrogen-bond acceptors (Lipinski definition) is 4. The molecule has 0 saturated carbocycles. The molecule has 8 heteroatoms. The van der Waals surface area contributed by atoms with Crippen LogP contribution >= 0.6 is 0 Å². The summed E-state index contributed by atoms with van der Waals surface area (Å²) < 4.78 is 35.9. The molecule has 1 saturated heterocycles. The molecule has 7 nitrogen and oxygen atoms in total. The molecule has 1 aliphatic rings. The van der Waals surface area contributed by atoms with E-state index in [1.54, 1.807) is 30.4 Å². The van der Waals surface area contributed by atoms with Crippen LogP contribution in [-0.2, 0) is 28.2 Å². The monoisotopic (exact) mass is 405 g/mol. The van der Waals surface area contributed by atoms with Crippen LogP contribution in [0.4, 0.5) is 0 Å². The van der Waals surface area contributed by atoms with Crippen LogP contribution in [0.1, 0.15) is 27.3 Å². The molecule has 1 fully saturated rings. The Morgan fingerprint density at radius 2 is 1.75 bits per heavy atom. The highest BCUT2D eigenvalue weighted by molar-refractivity contribution is 7.89. The molecule has 0 radical (unpaired) electrons. The summed E-state index contributed by atoms with van der Waals surface area (Å²) in [4.78, 5) is 14.9. The second kappa shape index (κ2) is 8.46. The van der Waals surface area contributed by atoms with Gasteiger partial charge in [0, 0.05) is 38.1 Å². The van der Waals surface area contributed by atoms with Gasteiger partial charge < -0.3 is 14.2 Å². The van der Waals surface area contributed by atoms with Crippen molar-refractivity contribution >= 4 is 15.9 Å². The van der Waals surface area contributed by atoms with Gasteiger partial charge in [-0.05, 0) is 25.8 Å². The summed E-state index contributed by atoms with van der Waals surface area (Å²) in [5, 5.41) is 0. The van der Waals surface area contributed by atoms with Crippen molar-refractivity contribution in [2.75, 3.05) is 32.8 Å². The Morgan fingerprint density at radius 3 is 2.39 bits per heavy atom. The van der Waals surface area contributed by atoms with Crippen molar-refractivity contribution in [2.45, 2.75) is 25.2 Å². The lowest BCUT2D eigenvalue weighted by molar-refractivity contribution is 0.0300. The lowest BCUT2D eigenvalue weighted by Gasteiger charge is -2.27. The fraction of sp³-hybridized carbons (Fsp3) is 0.450. The van der Waals surface area contributed by atoms with E-state index in [1.165, 1.54) is 0 Å². The van der Waals surface area contributed by atoms with Crippen LogP contribution in [0, 0.1) is 13.8 Å². The summed E-state index contributed by atoms with van der Waals surface area (Å²) >= 11 is 0. The molecule has 0 unspecified atom stereocenters. The third kappa shape index (κ3) is 4.14. The number of ether oxygens (including phenoxy) is 1. The van der Waals surface area contributed by atoms with Crippen LogP contribution in [0.15, 0.2) is 35.2 Å². The van der Waals surface area contributed by atoms with Crippen LogP contribution in [0.25, 0.3) is 0 Å². The third-order valence-corrected chi connectivity index (χ3v) is 6.87. The van der Waals surface area contributed by atoms with Crippen molar-refractivity contribution in [1.29, 1.82) is 0 Å². The summed E-state index contributed by atoms with van der Waals surface area (Å²) in [6.45, 7) is 5.64. The second-order valence-electron chi connectivity index (χ2n) is 6.97. The Labute approximate surface area is 166 Å². The van der Waals surface area contributed by atoms with Gasteiger partial charge in [0.2, 0.25) is 10.0 Å². The van der Waals surface area contributed by atoms with E-state index in [2.05, 4.69) is 4.72 Å². The van der Waals surface area contributed by atoms with Gasteiger partial charge in [0.1, 0.15) is 4.90 Å². The largest absolute Gasteiger partial charge is 0.378 e. The maximum Gasteiger partial charge on any atom is 0.257 e. The van der Waals surface area contributed by atoms with Crippen LogP contribution in [0.2, 0.25) is 0 Å². The molecule has 28 heavy (non-hydrogen) atoms. The normalized spacial score (nSPS) is 15.0. The van der Waals surface area contributed by atoms with E-state index in [4.69, 9.17) is 4.74 Å². The van der Waals surface area contributed by atoms with Gasteiger partial charge in [-0.25, -0.2) is 13.1 Å². The number of morpholine rings is 1. The zero-order valence-corrected chi connectivity index (χ0v) is 17.4. The molecular weight excluding hydrogens is 378 g/mol. The Bertz CT molecular complexity index is 946. The number of carbonyl (C=O) groups is 1. The average molecular weight is 406 g/mol. The first-order chi connectivity index (χ1) is 13.3. The zero-order chi connectivity index (χ0) is 20.3. The van der Waals surface area contributed by atoms with Gasteiger partial charge in [0.25, 0.3) is 5.91 Å². The number of nitrogens with zero attached hydrogens (tertiary/aromatic N) is 2. The van der Waals surface area contributed by atoms with Crippen molar-refractivity contribution in [3.05, 3.63) is 52.8 Å². The lowest BCUT2D eigenvalue weighted by Crippen LogP contribution is -2.41. The van der Waals surface area contributed by atoms with Crippen LogP contribution in [0.3, 0.4) is 0 Å². The minimum Gasteiger partial charge on any atom is -0.378 e. The Balaban J connectivity index is 1.87. The Kier molecular flexibility index (Phi) is 6.22. The third-order valence-electron chi connectivity index (χ3n) is 5.25. The zero-order valence-electron chi connectivity index (χ0n) is 16.6. The topological polar surface area (TPSA) is 80.6 Å². The molecule has 1 N–H and O–H groups in total. The van der Waals surface area contributed by atoms with E-state index in [9.17, 15) is 13.2 Å². The molecule has 1 aromatic carbocycles. The molecule has 0 spiro atoms. The molecule has 3 rings (SSSR count). The molecule has 2 aromatic rings. The predicted octanol–water partition coefficient (Wildman–Crippen LogP) is 1.64. The maximum atomic E-state index is 13.1. The molecule has 0 bridgehead atoms. The van der Waals surface area contributed by atoms with Crippen molar-refractivity contribution in [3.63, 3.8) is 0 Å². The second-order valence-corrected chi connectivity index (χ2v) is 8.68. The first-order valence-electron chi connectivity index (χ1n) is 9.39. The highest BCUT2D eigenvalue weighted by atomic mass is 32.2. The van der Waals surface area contributed by atoms with Crippen LogP contribution in [0.5, 0.6) is 0 Å². The van der Waals surface area contributed by atoms with E-state index < -0.39 is 10.0 Å². The molecule has 1 aliphatic heterocycles. The first kappa shape index (κ1) is 20.6. The van der Waals surface area contributed by atoms with Crippen LogP contribution < -0.4 is 4.72 Å². The van der Waals surface area contributed by atoms with Gasteiger partial charge in [-0.1, -0.05) is 30.3 Å². The molecule has 0 atom stereocenters. The number of carbonyl (C=O) groups excluding carboxylic acids is 1. The summed E-state index contributed by atoms with van der Waals surface area (Å²) in [6, 6.07) is 9.69. The average Bonchev–Trinajstić information content (AvgIpc) is 2.93. The summed E-state index contributed by atoms with van der Waals surface area (Å²) in [7, 11) is -2.05. The van der Waals surface area contributed by atoms with Gasteiger partial charge in [-0.2, -0.15) is 0 Å². The quantitative estimate of drug-likeness (QED) is 0.792. The number of sulfonamides is 1. The van der Waals surface area contributed by atoms with E-state index in [1.807, 2.05) is 30.3 Å². The number of hydrogen-bond donors (Lipinski definition) is 1. The Morgan fingerprint density at radius 1 is 1.11 bits per heavy atom. The van der Waals surface area contributed by atoms with Crippen molar-refractivity contribution in [2.24, 2.45) is 7.05 Å². The fourth-order valence-electron chi connectivity index (χ4n) is 3.47. The van der Waals surface area contributed by atoms with E-state index in [0.29, 0.717) is 44.1 Å². The number of benzene rings is 1. The molecule has 1 amide bonds. The molecule has 2 heterocycles. The first-order valence-corrected chi connectivity index (χ1v) is 10.9. The standard InChI is InChI=1S/C20H27N3O4S/c1-15-18(20(24)23-11-13-27-14-12-23)19(16(2)22(15)3)28(25,26)21-10-9-17-7-5-4-6-8-17/h4-8,21H,9-14H2,1-3H3. The molecule has 152 valence electrons. The van der Waals surface area contributed by atoms with Gasteiger partial charge in [0.15, 0.2) is 0 Å². The van der Waals surface area contributed by atoms with E-state index in [-0.39, 0.29) is 22.9 Å². The molecular formula is C20H27N3O4S. The summed E-state index contributed by atoms with van der Waals surface area (Å²) in [5.74, 6) is -0.257. The minimum absolute atomic E-state index is 0.0806. The number of nitrogens with one attached hydrogen (secondary N) is 1. The lowest BCUT2D eigenvalue weighted by atomic mass is 10.2. The SMILES string of the molecule is Cc1c(C(=O)N2CCOCC2)c(S(=O)(=O)NCCc2ccccc2)c(C)n1C. The molecule has 0 aliphatic carbocycles. The number of aromatic nitrogens is 1. The number of rotatable bonds is 6. The maximum absolute atomic E-state index is 13.1. The Hall–Kier alpha value is -2.16. The highest BCUT2D eigenvalue weighted by Crippen LogP contribution is 2.27. The van der Waals surface area contributed by atoms with Crippen molar-refractivity contribution < 1.29 is 17.9 Å². The van der Waals surface area contributed by atoms with E-state index in [0.717, 1.165) is 5.56 Å². The van der Waals surface area contributed by atoms with Gasteiger partial charge >= 0.3 is 0 Å². The number of amides is 1. The molecule has 1 aromatic heterocycles. The van der Waals surface area contributed by atoms with Crippen LogP contribution in [-0.4, -0.2) is 56.6 Å². The summed E-state index contributed by atoms with van der Waals surface area (Å²) in [5.41, 5.74) is 2.52. The van der Waals surface area contributed by atoms with Gasteiger partial charge in [-0.3, -0.25) is 4.79 Å². The van der Waals surface area contributed by atoms with Crippen molar-refractivity contribution in [1.82, 2.24) is 14.2 Å². The minimum atomic E-state index is -3.83. The predicted molar refractivity (Wildman–Crippen MR) is 107 cm³/mol.